The van der Waals surface area contributed by atoms with Crippen LogP contribution in [0, 0.1) is 0 Å². The average Bonchev–Trinajstić information content (AvgIpc) is 2.77. The first-order valence-electron chi connectivity index (χ1n) is 9.57. The molecule has 0 aromatic heterocycles. The van der Waals surface area contributed by atoms with Gasteiger partial charge in [0.1, 0.15) is 0 Å². The normalized spacial score (nSPS) is 12.6. The van der Waals surface area contributed by atoms with Crippen LogP contribution in [0.5, 0.6) is 0 Å². The molecule has 4 aromatic rings. The Hall–Kier alpha value is -2.86. The maximum atomic E-state index is 13.0. The van der Waals surface area contributed by atoms with Crippen molar-refractivity contribution in [2.75, 3.05) is 11.9 Å². The van der Waals surface area contributed by atoms with Crippen LogP contribution >= 0.6 is 11.6 Å². The zero-order chi connectivity index (χ0) is 21.0. The summed E-state index contributed by atoms with van der Waals surface area (Å²) < 4.78 is 28.8. The summed E-state index contributed by atoms with van der Waals surface area (Å²) in [6, 6.07) is 29.4. The second-order valence-corrected chi connectivity index (χ2v) is 9.10. The van der Waals surface area contributed by atoms with Gasteiger partial charge in [-0.1, -0.05) is 78.3 Å². The molecule has 0 aliphatic rings. The SMILES string of the molecule is O=S(=O)(N[C@@H](CNc1cccc2ccccc12)c1ccccc1)c1ccc(Cl)cc1. The molecule has 0 unspecified atom stereocenters. The van der Waals surface area contributed by atoms with Crippen molar-refractivity contribution in [2.45, 2.75) is 10.9 Å². The minimum Gasteiger partial charge on any atom is -0.383 e. The molecule has 4 nitrogen and oxygen atoms in total. The van der Waals surface area contributed by atoms with Crippen LogP contribution in [0.3, 0.4) is 0 Å². The summed E-state index contributed by atoms with van der Waals surface area (Å²) in [4.78, 5) is 0.179. The molecule has 0 fully saturated rings. The van der Waals surface area contributed by atoms with Gasteiger partial charge in [-0.05, 0) is 41.3 Å². The van der Waals surface area contributed by atoms with Crippen LogP contribution in [-0.2, 0) is 10.0 Å². The molecule has 30 heavy (non-hydrogen) atoms. The van der Waals surface area contributed by atoms with E-state index in [2.05, 4.69) is 22.2 Å². The molecule has 0 heterocycles. The van der Waals surface area contributed by atoms with E-state index in [-0.39, 0.29) is 4.90 Å². The quantitative estimate of drug-likeness (QED) is 0.395. The van der Waals surface area contributed by atoms with Gasteiger partial charge in [-0.25, -0.2) is 13.1 Å². The van der Waals surface area contributed by atoms with Crippen molar-refractivity contribution >= 4 is 38.1 Å². The fourth-order valence-electron chi connectivity index (χ4n) is 3.37. The highest BCUT2D eigenvalue weighted by atomic mass is 35.5. The van der Waals surface area contributed by atoms with Crippen molar-refractivity contribution in [1.29, 1.82) is 0 Å². The van der Waals surface area contributed by atoms with E-state index < -0.39 is 16.1 Å². The molecule has 0 aliphatic heterocycles. The molecule has 6 heteroatoms. The Labute approximate surface area is 181 Å². The van der Waals surface area contributed by atoms with Crippen LogP contribution < -0.4 is 10.0 Å². The van der Waals surface area contributed by atoms with Crippen LogP contribution in [0.2, 0.25) is 5.02 Å². The number of hydrogen-bond donors (Lipinski definition) is 2. The Morgan fingerprint density at radius 2 is 1.43 bits per heavy atom. The van der Waals surface area contributed by atoms with E-state index in [1.165, 1.54) is 12.1 Å². The highest BCUT2D eigenvalue weighted by molar-refractivity contribution is 7.89. The summed E-state index contributed by atoms with van der Waals surface area (Å²) in [5.41, 5.74) is 1.84. The Morgan fingerprint density at radius 3 is 2.20 bits per heavy atom. The topological polar surface area (TPSA) is 58.2 Å². The van der Waals surface area contributed by atoms with E-state index in [4.69, 9.17) is 11.6 Å². The molecule has 4 aromatic carbocycles. The van der Waals surface area contributed by atoms with Crippen LogP contribution in [0.1, 0.15) is 11.6 Å². The lowest BCUT2D eigenvalue weighted by Gasteiger charge is -2.21. The number of benzene rings is 4. The Balaban J connectivity index is 1.61. The van der Waals surface area contributed by atoms with Crippen LogP contribution in [0.4, 0.5) is 5.69 Å². The maximum Gasteiger partial charge on any atom is 0.241 e. The van der Waals surface area contributed by atoms with E-state index in [9.17, 15) is 8.42 Å². The number of sulfonamides is 1. The van der Waals surface area contributed by atoms with Gasteiger partial charge >= 0.3 is 0 Å². The maximum absolute atomic E-state index is 13.0. The van der Waals surface area contributed by atoms with Crippen molar-refractivity contribution in [2.24, 2.45) is 0 Å². The molecule has 0 spiro atoms. The fraction of sp³-hybridized carbons (Fsp3) is 0.0833. The minimum atomic E-state index is -3.72. The third-order valence-electron chi connectivity index (χ3n) is 4.91. The van der Waals surface area contributed by atoms with Gasteiger partial charge in [0.2, 0.25) is 10.0 Å². The molecule has 0 radical (unpaired) electrons. The lowest BCUT2D eigenvalue weighted by atomic mass is 10.1. The molecule has 152 valence electrons. The highest BCUT2D eigenvalue weighted by Crippen LogP contribution is 2.25. The predicted molar refractivity (Wildman–Crippen MR) is 123 cm³/mol. The van der Waals surface area contributed by atoms with Gasteiger partial charge < -0.3 is 5.32 Å². The van der Waals surface area contributed by atoms with E-state index in [0.29, 0.717) is 11.6 Å². The summed E-state index contributed by atoms with van der Waals surface area (Å²) in [6.07, 6.45) is 0. The van der Waals surface area contributed by atoms with Gasteiger partial charge in [0.25, 0.3) is 0 Å². The van der Waals surface area contributed by atoms with Crippen molar-refractivity contribution < 1.29 is 8.42 Å². The first kappa shape index (κ1) is 20.4. The van der Waals surface area contributed by atoms with Gasteiger partial charge in [-0.15, -0.1) is 0 Å². The number of rotatable bonds is 7. The molecule has 0 bridgehead atoms. The summed E-state index contributed by atoms with van der Waals surface area (Å²) in [6.45, 7) is 0.394. The molecule has 2 N–H and O–H groups in total. The summed E-state index contributed by atoms with van der Waals surface area (Å²) in [5, 5.41) is 6.13. The number of halogens is 1. The molecule has 0 aliphatic carbocycles. The molecule has 4 rings (SSSR count). The number of nitrogens with one attached hydrogen (secondary N) is 2. The minimum absolute atomic E-state index is 0.179. The Morgan fingerprint density at radius 1 is 0.767 bits per heavy atom. The molecular formula is C24H21ClN2O2S. The van der Waals surface area contributed by atoms with E-state index >= 15 is 0 Å². The lowest BCUT2D eigenvalue weighted by Crippen LogP contribution is -2.33. The monoisotopic (exact) mass is 436 g/mol. The van der Waals surface area contributed by atoms with Gasteiger partial charge in [-0.2, -0.15) is 0 Å². The summed E-state index contributed by atoms with van der Waals surface area (Å²) in [5.74, 6) is 0. The smallest absolute Gasteiger partial charge is 0.241 e. The van der Waals surface area contributed by atoms with E-state index in [1.54, 1.807) is 12.1 Å². The second kappa shape index (κ2) is 8.88. The average molecular weight is 437 g/mol. The van der Waals surface area contributed by atoms with Gasteiger partial charge in [0.05, 0.1) is 10.9 Å². The molecule has 0 saturated heterocycles. The first-order valence-corrected chi connectivity index (χ1v) is 11.4. The molecule has 0 saturated carbocycles. The van der Waals surface area contributed by atoms with Crippen molar-refractivity contribution in [3.8, 4) is 0 Å². The number of hydrogen-bond acceptors (Lipinski definition) is 3. The largest absolute Gasteiger partial charge is 0.383 e. The van der Waals surface area contributed by atoms with Crippen molar-refractivity contribution in [3.63, 3.8) is 0 Å². The zero-order valence-electron chi connectivity index (χ0n) is 16.1. The first-order chi connectivity index (χ1) is 14.5. The predicted octanol–water partition coefficient (Wildman–Crippen LogP) is 5.62. The highest BCUT2D eigenvalue weighted by Gasteiger charge is 2.21. The van der Waals surface area contributed by atoms with Crippen molar-refractivity contribution in [3.05, 3.63) is 108 Å². The Kier molecular flexibility index (Phi) is 6.04. The zero-order valence-corrected chi connectivity index (χ0v) is 17.7. The fourth-order valence-corrected chi connectivity index (χ4v) is 4.72. The van der Waals surface area contributed by atoms with E-state index in [0.717, 1.165) is 22.0 Å². The summed E-state index contributed by atoms with van der Waals surface area (Å²) in [7, 11) is -3.72. The molecular weight excluding hydrogens is 416 g/mol. The standard InChI is InChI=1S/C24H21ClN2O2S/c25-20-13-15-21(16-14-20)30(28,29)27-24(19-8-2-1-3-9-19)17-26-23-12-6-10-18-7-4-5-11-22(18)23/h1-16,24,26-27H,17H2/t24-/m0/s1. The summed E-state index contributed by atoms with van der Waals surface area (Å²) >= 11 is 5.90. The lowest BCUT2D eigenvalue weighted by molar-refractivity contribution is 0.562. The van der Waals surface area contributed by atoms with Gasteiger partial charge in [0.15, 0.2) is 0 Å². The molecule has 1 atom stereocenters. The van der Waals surface area contributed by atoms with Crippen LogP contribution in [0.15, 0.2) is 102 Å². The second-order valence-electron chi connectivity index (χ2n) is 6.95. The van der Waals surface area contributed by atoms with Crippen LogP contribution in [0.25, 0.3) is 10.8 Å². The van der Waals surface area contributed by atoms with Gasteiger partial charge in [-0.3, -0.25) is 0 Å². The number of fused-ring (bicyclic) bond motifs is 1. The Bertz CT molecular complexity index is 1240. The number of anilines is 1. The van der Waals surface area contributed by atoms with E-state index in [1.807, 2.05) is 60.7 Å². The third-order valence-corrected chi connectivity index (χ3v) is 6.65. The van der Waals surface area contributed by atoms with Crippen LogP contribution in [-0.4, -0.2) is 15.0 Å². The molecule has 0 amide bonds. The van der Waals surface area contributed by atoms with Crippen molar-refractivity contribution in [1.82, 2.24) is 4.72 Å². The third kappa shape index (κ3) is 4.65. The van der Waals surface area contributed by atoms with Gasteiger partial charge in [0, 0.05) is 22.6 Å².